The lowest BCUT2D eigenvalue weighted by Gasteiger charge is -2.14. The number of hydrogen-bond donors (Lipinski definition) is 1. The van der Waals surface area contributed by atoms with Crippen molar-refractivity contribution in [3.8, 4) is 0 Å². The van der Waals surface area contributed by atoms with Crippen molar-refractivity contribution in [2.24, 2.45) is 5.92 Å². The summed E-state index contributed by atoms with van der Waals surface area (Å²) in [7, 11) is 0. The van der Waals surface area contributed by atoms with Crippen LogP contribution in [-0.4, -0.2) is 11.2 Å². The van der Waals surface area contributed by atoms with Crippen molar-refractivity contribution < 1.29 is 5.11 Å². The summed E-state index contributed by atoms with van der Waals surface area (Å²) in [5.41, 5.74) is 2.10. The van der Waals surface area contributed by atoms with Crippen molar-refractivity contribution in [3.05, 3.63) is 54.1 Å². The van der Waals surface area contributed by atoms with Gasteiger partial charge in [0.15, 0.2) is 0 Å². The van der Waals surface area contributed by atoms with Gasteiger partial charge in [0.05, 0.1) is 6.10 Å². The Morgan fingerprint density at radius 2 is 1.93 bits per heavy atom. The van der Waals surface area contributed by atoms with E-state index in [1.807, 2.05) is 56.3 Å². The molecule has 1 heteroatoms. The Balaban J connectivity index is 2.62. The molecule has 15 heavy (non-hydrogen) atoms. The minimum absolute atomic E-state index is 0.102. The van der Waals surface area contributed by atoms with Crippen LogP contribution in [0.3, 0.4) is 0 Å². The van der Waals surface area contributed by atoms with Crippen LogP contribution in [0.5, 0.6) is 0 Å². The molecular formula is C14H18O. The lowest BCUT2D eigenvalue weighted by molar-refractivity contribution is 0.181. The SMILES string of the molecule is C=C(C)[C@@H](C)[C@@H](O)/C=C/c1ccccc1. The van der Waals surface area contributed by atoms with Gasteiger partial charge in [-0.3, -0.25) is 0 Å². The van der Waals surface area contributed by atoms with Gasteiger partial charge in [-0.25, -0.2) is 0 Å². The molecule has 0 heterocycles. The molecule has 0 spiro atoms. The first-order valence-electron chi connectivity index (χ1n) is 5.18. The van der Waals surface area contributed by atoms with Crippen LogP contribution in [-0.2, 0) is 0 Å². The molecule has 0 unspecified atom stereocenters. The van der Waals surface area contributed by atoms with E-state index in [4.69, 9.17) is 0 Å². The monoisotopic (exact) mass is 202 g/mol. The fourth-order valence-corrected chi connectivity index (χ4v) is 1.23. The van der Waals surface area contributed by atoms with E-state index in [1.165, 1.54) is 0 Å². The Labute approximate surface area is 91.8 Å². The van der Waals surface area contributed by atoms with E-state index in [-0.39, 0.29) is 5.92 Å². The molecule has 0 bridgehead atoms. The van der Waals surface area contributed by atoms with Crippen LogP contribution in [0.4, 0.5) is 0 Å². The van der Waals surface area contributed by atoms with Gasteiger partial charge in [-0.15, -0.1) is 0 Å². The summed E-state index contributed by atoms with van der Waals surface area (Å²) >= 11 is 0. The van der Waals surface area contributed by atoms with Gasteiger partial charge in [0.1, 0.15) is 0 Å². The highest BCUT2D eigenvalue weighted by atomic mass is 16.3. The van der Waals surface area contributed by atoms with Crippen molar-refractivity contribution in [3.63, 3.8) is 0 Å². The summed E-state index contributed by atoms with van der Waals surface area (Å²) < 4.78 is 0. The van der Waals surface area contributed by atoms with Crippen LogP contribution in [0.2, 0.25) is 0 Å². The van der Waals surface area contributed by atoms with E-state index >= 15 is 0 Å². The molecule has 0 saturated heterocycles. The summed E-state index contributed by atoms with van der Waals surface area (Å²) in [6.45, 7) is 7.75. The average molecular weight is 202 g/mol. The zero-order valence-corrected chi connectivity index (χ0v) is 9.35. The molecule has 1 aromatic carbocycles. The van der Waals surface area contributed by atoms with E-state index in [1.54, 1.807) is 0 Å². The molecule has 1 aromatic rings. The maximum atomic E-state index is 9.80. The largest absolute Gasteiger partial charge is 0.388 e. The van der Waals surface area contributed by atoms with Crippen molar-refractivity contribution in [2.75, 3.05) is 0 Å². The van der Waals surface area contributed by atoms with E-state index in [9.17, 15) is 5.11 Å². The summed E-state index contributed by atoms with van der Waals surface area (Å²) in [6.07, 6.45) is 3.29. The topological polar surface area (TPSA) is 20.2 Å². The van der Waals surface area contributed by atoms with Crippen LogP contribution in [0, 0.1) is 5.92 Å². The minimum Gasteiger partial charge on any atom is -0.388 e. The molecule has 1 N–H and O–H groups in total. The Kier molecular flexibility index (Phi) is 4.32. The molecule has 0 aliphatic heterocycles. The first-order valence-corrected chi connectivity index (χ1v) is 5.18. The van der Waals surface area contributed by atoms with Crippen molar-refractivity contribution in [1.82, 2.24) is 0 Å². The number of aliphatic hydroxyl groups excluding tert-OH is 1. The first-order chi connectivity index (χ1) is 7.11. The van der Waals surface area contributed by atoms with Gasteiger partial charge in [0.25, 0.3) is 0 Å². The fourth-order valence-electron chi connectivity index (χ4n) is 1.23. The lowest BCUT2D eigenvalue weighted by Crippen LogP contribution is -2.14. The molecule has 0 aromatic heterocycles. The van der Waals surface area contributed by atoms with Gasteiger partial charge in [0, 0.05) is 5.92 Å². The van der Waals surface area contributed by atoms with E-state index in [2.05, 4.69) is 6.58 Å². The van der Waals surface area contributed by atoms with Crippen molar-refractivity contribution in [1.29, 1.82) is 0 Å². The second-order valence-electron chi connectivity index (χ2n) is 3.90. The predicted octanol–water partition coefficient (Wildman–Crippen LogP) is 3.27. The maximum Gasteiger partial charge on any atom is 0.0786 e. The standard InChI is InChI=1S/C14H18O/c1-11(2)12(3)14(15)10-9-13-7-5-4-6-8-13/h4-10,12,14-15H,1H2,2-3H3/b10-9+/t12-,14+/m1/s1. The second-order valence-corrected chi connectivity index (χ2v) is 3.90. The third kappa shape index (κ3) is 3.72. The minimum atomic E-state index is -0.456. The van der Waals surface area contributed by atoms with Gasteiger partial charge in [-0.1, -0.05) is 61.6 Å². The van der Waals surface area contributed by atoms with Crippen LogP contribution in [0.1, 0.15) is 19.4 Å². The van der Waals surface area contributed by atoms with E-state index < -0.39 is 6.10 Å². The van der Waals surface area contributed by atoms with Gasteiger partial charge >= 0.3 is 0 Å². The highest BCUT2D eigenvalue weighted by molar-refractivity contribution is 5.49. The van der Waals surface area contributed by atoms with Crippen molar-refractivity contribution in [2.45, 2.75) is 20.0 Å². The molecular weight excluding hydrogens is 184 g/mol. The molecule has 0 amide bonds. The number of benzene rings is 1. The van der Waals surface area contributed by atoms with Crippen LogP contribution >= 0.6 is 0 Å². The Hall–Kier alpha value is -1.34. The Bertz CT molecular complexity index is 338. The number of hydrogen-bond acceptors (Lipinski definition) is 1. The number of aliphatic hydroxyl groups is 1. The molecule has 2 atom stereocenters. The van der Waals surface area contributed by atoms with Gasteiger partial charge in [-0.05, 0) is 12.5 Å². The average Bonchev–Trinajstić information content (AvgIpc) is 2.26. The Morgan fingerprint density at radius 1 is 1.33 bits per heavy atom. The quantitative estimate of drug-likeness (QED) is 0.743. The molecule has 0 fully saturated rings. The van der Waals surface area contributed by atoms with Gasteiger partial charge < -0.3 is 5.11 Å². The third-order valence-corrected chi connectivity index (χ3v) is 2.58. The van der Waals surface area contributed by atoms with Gasteiger partial charge in [0.2, 0.25) is 0 Å². The maximum absolute atomic E-state index is 9.80. The highest BCUT2D eigenvalue weighted by Crippen LogP contribution is 2.14. The third-order valence-electron chi connectivity index (χ3n) is 2.58. The second kappa shape index (κ2) is 5.52. The summed E-state index contributed by atoms with van der Waals surface area (Å²) in [4.78, 5) is 0. The van der Waals surface area contributed by atoms with Gasteiger partial charge in [-0.2, -0.15) is 0 Å². The lowest BCUT2D eigenvalue weighted by atomic mass is 9.97. The summed E-state index contributed by atoms with van der Waals surface area (Å²) in [5.74, 6) is 0.102. The zero-order valence-electron chi connectivity index (χ0n) is 9.35. The molecule has 0 radical (unpaired) electrons. The van der Waals surface area contributed by atoms with E-state index in [0.717, 1.165) is 11.1 Å². The highest BCUT2D eigenvalue weighted by Gasteiger charge is 2.10. The smallest absolute Gasteiger partial charge is 0.0786 e. The Morgan fingerprint density at radius 3 is 2.47 bits per heavy atom. The molecule has 0 aliphatic carbocycles. The summed E-state index contributed by atoms with van der Waals surface area (Å²) in [6, 6.07) is 9.95. The molecule has 80 valence electrons. The summed E-state index contributed by atoms with van der Waals surface area (Å²) in [5, 5.41) is 9.80. The van der Waals surface area contributed by atoms with Crippen molar-refractivity contribution >= 4 is 6.08 Å². The molecule has 1 nitrogen and oxygen atoms in total. The number of rotatable bonds is 4. The normalized spacial score (nSPS) is 15.1. The predicted molar refractivity (Wildman–Crippen MR) is 65.5 cm³/mol. The first kappa shape index (κ1) is 11.7. The van der Waals surface area contributed by atoms with E-state index in [0.29, 0.717) is 0 Å². The fraction of sp³-hybridized carbons (Fsp3) is 0.286. The molecule has 0 saturated carbocycles. The molecule has 1 rings (SSSR count). The van der Waals surface area contributed by atoms with Crippen LogP contribution in [0.25, 0.3) is 6.08 Å². The zero-order chi connectivity index (χ0) is 11.3. The molecule has 0 aliphatic rings. The van der Waals surface area contributed by atoms with Crippen LogP contribution in [0.15, 0.2) is 48.6 Å². The van der Waals surface area contributed by atoms with Crippen LogP contribution < -0.4 is 0 Å².